The normalized spacial score (nSPS) is 14.5. The first kappa shape index (κ1) is 20.3. The van der Waals surface area contributed by atoms with E-state index in [1.807, 2.05) is 11.4 Å². The summed E-state index contributed by atoms with van der Waals surface area (Å²) in [5.74, 6) is -0.309. The molecule has 1 aliphatic rings. The number of piperidine rings is 1. The van der Waals surface area contributed by atoms with Crippen LogP contribution in [0.1, 0.15) is 45.5 Å². The van der Waals surface area contributed by atoms with Gasteiger partial charge in [0.2, 0.25) is 0 Å². The molecule has 1 fully saturated rings. The minimum absolute atomic E-state index is 0. The lowest BCUT2D eigenvalue weighted by molar-refractivity contribution is 0.0948. The van der Waals surface area contributed by atoms with Crippen LogP contribution >= 0.6 is 23.7 Å². The second kappa shape index (κ2) is 10.2. The predicted octanol–water partition coefficient (Wildman–Crippen LogP) is 1.24. The van der Waals surface area contributed by atoms with Gasteiger partial charge < -0.3 is 16.0 Å². The van der Waals surface area contributed by atoms with Crippen molar-refractivity contribution in [3.63, 3.8) is 0 Å². The first-order chi connectivity index (χ1) is 12.2. The van der Waals surface area contributed by atoms with E-state index >= 15 is 0 Å². The molecule has 0 spiro atoms. The third-order valence-electron chi connectivity index (χ3n) is 4.10. The minimum atomic E-state index is -0.232. The van der Waals surface area contributed by atoms with E-state index in [0.717, 1.165) is 25.9 Å². The fraction of sp³-hybridized carbons (Fsp3) is 0.500. The fourth-order valence-corrected chi connectivity index (χ4v) is 3.35. The molecular weight excluding hydrogens is 376 g/mol. The molecule has 1 saturated heterocycles. The van der Waals surface area contributed by atoms with Gasteiger partial charge in [-0.3, -0.25) is 9.59 Å². The highest BCUT2D eigenvalue weighted by Crippen LogP contribution is 2.16. The molecule has 0 unspecified atom stereocenters. The number of nitrogens with one attached hydrogen (secondary N) is 3. The Morgan fingerprint density at radius 2 is 1.96 bits per heavy atom. The molecule has 0 aliphatic carbocycles. The van der Waals surface area contributed by atoms with Gasteiger partial charge >= 0.3 is 0 Å². The molecule has 2 aromatic rings. The zero-order valence-electron chi connectivity index (χ0n) is 14.3. The number of hydrogen-bond donors (Lipinski definition) is 3. The third-order valence-corrected chi connectivity index (χ3v) is 4.96. The second-order valence-electron chi connectivity index (χ2n) is 5.91. The molecule has 26 heavy (non-hydrogen) atoms. The predicted molar refractivity (Wildman–Crippen MR) is 102 cm³/mol. The van der Waals surface area contributed by atoms with Crippen molar-refractivity contribution in [2.45, 2.75) is 25.3 Å². The average molecular weight is 399 g/mol. The van der Waals surface area contributed by atoms with E-state index in [2.05, 4.69) is 26.3 Å². The molecule has 0 atom stereocenters. The quantitative estimate of drug-likeness (QED) is 0.609. The van der Waals surface area contributed by atoms with E-state index in [9.17, 15) is 9.59 Å². The van der Waals surface area contributed by atoms with E-state index < -0.39 is 0 Å². The Balaban J connectivity index is 0.00000243. The van der Waals surface area contributed by atoms with E-state index in [1.54, 1.807) is 16.9 Å². The van der Waals surface area contributed by atoms with E-state index in [0.29, 0.717) is 36.1 Å². The second-order valence-corrected chi connectivity index (χ2v) is 6.86. The van der Waals surface area contributed by atoms with Gasteiger partial charge in [-0.1, -0.05) is 11.3 Å². The van der Waals surface area contributed by atoms with Gasteiger partial charge in [-0.2, -0.15) is 0 Å². The highest BCUT2D eigenvalue weighted by atomic mass is 35.5. The molecule has 0 radical (unpaired) electrons. The monoisotopic (exact) mass is 398 g/mol. The van der Waals surface area contributed by atoms with Gasteiger partial charge in [0.05, 0.1) is 17.1 Å². The zero-order chi connectivity index (χ0) is 17.5. The Kier molecular flexibility index (Phi) is 8.02. The Morgan fingerprint density at radius 1 is 1.23 bits per heavy atom. The van der Waals surface area contributed by atoms with Crippen LogP contribution in [0.4, 0.5) is 0 Å². The lowest BCUT2D eigenvalue weighted by Gasteiger charge is -2.22. The summed E-state index contributed by atoms with van der Waals surface area (Å²) in [6.45, 7) is 2.91. The SMILES string of the molecule is Cl.O=C(NCCCNC(=O)c1cccs1)c1cn(C2CCNCC2)nn1. The number of carbonyl (C=O) groups is 2. The number of rotatable bonds is 7. The molecule has 10 heteroatoms. The van der Waals surface area contributed by atoms with E-state index in [-0.39, 0.29) is 24.2 Å². The highest BCUT2D eigenvalue weighted by molar-refractivity contribution is 7.12. The van der Waals surface area contributed by atoms with Crippen LogP contribution < -0.4 is 16.0 Å². The Hall–Kier alpha value is -1.97. The first-order valence-corrected chi connectivity index (χ1v) is 9.34. The largest absolute Gasteiger partial charge is 0.351 e. The maximum Gasteiger partial charge on any atom is 0.273 e. The Morgan fingerprint density at radius 3 is 2.65 bits per heavy atom. The van der Waals surface area contributed by atoms with Crippen LogP contribution in [0.15, 0.2) is 23.7 Å². The molecule has 2 amide bonds. The standard InChI is InChI=1S/C16H22N6O2S.ClH/c23-15(13-11-22(21-20-13)12-4-8-17-9-5-12)18-6-2-7-19-16(24)14-3-1-10-25-14;/h1,3,10-12,17H,2,4-9H2,(H,18,23)(H,19,24);1H. The summed E-state index contributed by atoms with van der Waals surface area (Å²) in [7, 11) is 0. The van der Waals surface area contributed by atoms with Crippen molar-refractivity contribution in [3.8, 4) is 0 Å². The zero-order valence-corrected chi connectivity index (χ0v) is 15.9. The van der Waals surface area contributed by atoms with Crippen LogP contribution in [0.2, 0.25) is 0 Å². The molecule has 1 aliphatic heterocycles. The van der Waals surface area contributed by atoms with Crippen LogP contribution in [-0.4, -0.2) is 53.0 Å². The van der Waals surface area contributed by atoms with Gasteiger partial charge in [-0.05, 0) is 43.8 Å². The smallest absolute Gasteiger partial charge is 0.273 e. The molecule has 3 N–H and O–H groups in total. The molecule has 0 saturated carbocycles. The van der Waals surface area contributed by atoms with Crippen LogP contribution in [0.3, 0.4) is 0 Å². The molecule has 3 rings (SSSR count). The topological polar surface area (TPSA) is 101 Å². The van der Waals surface area contributed by atoms with Crippen molar-refractivity contribution >= 4 is 35.6 Å². The fourth-order valence-electron chi connectivity index (χ4n) is 2.71. The van der Waals surface area contributed by atoms with Crippen LogP contribution in [0.5, 0.6) is 0 Å². The van der Waals surface area contributed by atoms with Crippen LogP contribution in [-0.2, 0) is 0 Å². The average Bonchev–Trinajstić information content (AvgIpc) is 3.34. The lowest BCUT2D eigenvalue weighted by atomic mass is 10.1. The third kappa shape index (κ3) is 5.52. The number of nitrogens with zero attached hydrogens (tertiary/aromatic N) is 3. The maximum atomic E-state index is 12.1. The molecule has 0 aromatic carbocycles. The summed E-state index contributed by atoms with van der Waals surface area (Å²) < 4.78 is 1.79. The van der Waals surface area contributed by atoms with Gasteiger partial charge in [-0.15, -0.1) is 28.8 Å². The Bertz CT molecular complexity index is 699. The lowest BCUT2D eigenvalue weighted by Crippen LogP contribution is -2.30. The number of amides is 2. The summed E-state index contributed by atoms with van der Waals surface area (Å²) in [6, 6.07) is 3.94. The molecule has 8 nitrogen and oxygen atoms in total. The van der Waals surface area contributed by atoms with Crippen molar-refractivity contribution in [2.75, 3.05) is 26.2 Å². The number of thiophene rings is 1. The van der Waals surface area contributed by atoms with Gasteiger partial charge in [0, 0.05) is 13.1 Å². The number of hydrogen-bond acceptors (Lipinski definition) is 6. The van der Waals surface area contributed by atoms with Crippen molar-refractivity contribution in [2.24, 2.45) is 0 Å². The molecule has 142 valence electrons. The molecule has 3 heterocycles. The Labute approximate surface area is 162 Å². The summed E-state index contributed by atoms with van der Waals surface area (Å²) >= 11 is 1.41. The maximum absolute atomic E-state index is 12.1. The van der Waals surface area contributed by atoms with Gasteiger partial charge in [0.1, 0.15) is 0 Å². The van der Waals surface area contributed by atoms with Crippen molar-refractivity contribution in [3.05, 3.63) is 34.3 Å². The van der Waals surface area contributed by atoms with Gasteiger partial charge in [-0.25, -0.2) is 4.68 Å². The molecule has 2 aromatic heterocycles. The van der Waals surface area contributed by atoms with Gasteiger partial charge in [0.25, 0.3) is 11.8 Å². The van der Waals surface area contributed by atoms with Gasteiger partial charge in [0.15, 0.2) is 5.69 Å². The summed E-state index contributed by atoms with van der Waals surface area (Å²) in [5.41, 5.74) is 0.334. The minimum Gasteiger partial charge on any atom is -0.351 e. The number of halogens is 1. The summed E-state index contributed by atoms with van der Waals surface area (Å²) in [5, 5.41) is 18.8. The van der Waals surface area contributed by atoms with Crippen LogP contribution in [0.25, 0.3) is 0 Å². The highest BCUT2D eigenvalue weighted by Gasteiger charge is 2.18. The molecule has 0 bridgehead atoms. The van der Waals surface area contributed by atoms with E-state index in [4.69, 9.17) is 0 Å². The molecular formula is C16H23ClN6O2S. The summed E-state index contributed by atoms with van der Waals surface area (Å²) in [6.07, 6.45) is 4.36. The van der Waals surface area contributed by atoms with Crippen molar-refractivity contribution in [1.82, 2.24) is 30.9 Å². The van der Waals surface area contributed by atoms with Crippen molar-refractivity contribution < 1.29 is 9.59 Å². The summed E-state index contributed by atoms with van der Waals surface area (Å²) in [4.78, 5) is 24.6. The number of carbonyl (C=O) groups excluding carboxylic acids is 2. The van der Waals surface area contributed by atoms with Crippen molar-refractivity contribution in [1.29, 1.82) is 0 Å². The number of aromatic nitrogens is 3. The first-order valence-electron chi connectivity index (χ1n) is 8.46. The van der Waals surface area contributed by atoms with Crippen LogP contribution in [0, 0.1) is 0 Å². The van der Waals surface area contributed by atoms with E-state index in [1.165, 1.54) is 11.3 Å².